The van der Waals surface area contributed by atoms with Crippen LogP contribution in [0, 0.1) is 56.2 Å². The molecular formula is C47H72O10. The van der Waals surface area contributed by atoms with Crippen molar-refractivity contribution in [3.63, 3.8) is 0 Å². The first-order chi connectivity index (χ1) is 27.0. The van der Waals surface area contributed by atoms with Crippen LogP contribution < -0.4 is 0 Å². The average Bonchev–Trinajstić information content (AvgIpc) is 3.19. The molecule has 16 atom stereocenters. The van der Waals surface area contributed by atoms with Gasteiger partial charge in [0, 0.05) is 12.0 Å². The van der Waals surface area contributed by atoms with Gasteiger partial charge in [0.05, 0.1) is 37.4 Å². The standard InChI is InChI=1S/C47H72O10/c1-7-8-10-15-30-22-47(41(53)54)21-20-42(2,27-48)23-32(47)31-16-17-36-43(3)24-34(55-25-29-13-11-9-12-14-29)39(57-40-38(52)37(51)33(50)26-56-40)44(4,28-49)35(43)18-19-45(36,5)46(30,31)6/h9,11-14,16,30,32-40,48-52H,7-8,10,15,17-28H2,1-6H3,(H,53,54). The first-order valence-corrected chi connectivity index (χ1v) is 22.1. The van der Waals surface area contributed by atoms with E-state index in [4.69, 9.17) is 14.2 Å². The van der Waals surface area contributed by atoms with Crippen molar-refractivity contribution in [3.05, 3.63) is 47.5 Å². The molecule has 7 rings (SSSR count). The van der Waals surface area contributed by atoms with Crippen LogP contribution in [0.1, 0.15) is 124 Å². The van der Waals surface area contributed by atoms with Gasteiger partial charge in [0.1, 0.15) is 18.3 Å². The van der Waals surface area contributed by atoms with Crippen molar-refractivity contribution >= 4 is 5.97 Å². The van der Waals surface area contributed by atoms with Crippen LogP contribution in [0.3, 0.4) is 0 Å². The lowest BCUT2D eigenvalue weighted by molar-refractivity contribution is -0.333. The molecule has 4 saturated carbocycles. The van der Waals surface area contributed by atoms with Crippen molar-refractivity contribution in [2.45, 2.75) is 162 Å². The molecule has 5 aliphatic carbocycles. The second-order valence-corrected chi connectivity index (χ2v) is 20.8. The Morgan fingerprint density at radius 1 is 0.895 bits per heavy atom. The second-order valence-electron chi connectivity index (χ2n) is 20.8. The number of carboxylic acid groups (broad SMARTS) is 1. The van der Waals surface area contributed by atoms with Crippen molar-refractivity contribution in [1.82, 2.24) is 0 Å². The minimum Gasteiger partial charge on any atom is -0.481 e. The van der Waals surface area contributed by atoms with Crippen LogP contribution in [0.2, 0.25) is 0 Å². The summed E-state index contributed by atoms with van der Waals surface area (Å²) in [5.74, 6) is -0.420. The number of carbonyl (C=O) groups is 1. The maximum Gasteiger partial charge on any atom is 0.310 e. The van der Waals surface area contributed by atoms with Crippen LogP contribution in [0.15, 0.2) is 42.0 Å². The average molecular weight is 797 g/mol. The van der Waals surface area contributed by atoms with E-state index in [9.17, 15) is 35.4 Å². The maximum atomic E-state index is 13.6. The van der Waals surface area contributed by atoms with E-state index >= 15 is 0 Å². The number of hydrogen-bond donors (Lipinski definition) is 6. The quantitative estimate of drug-likeness (QED) is 0.0767. The van der Waals surface area contributed by atoms with Crippen LogP contribution in [0.5, 0.6) is 0 Å². The van der Waals surface area contributed by atoms with Crippen LogP contribution in [-0.4, -0.2) is 93.2 Å². The summed E-state index contributed by atoms with van der Waals surface area (Å²) in [7, 11) is 0. The molecule has 57 heavy (non-hydrogen) atoms. The summed E-state index contributed by atoms with van der Waals surface area (Å²) in [4.78, 5) is 13.6. The fraction of sp³-hybridized carbons (Fsp3) is 0.809. The molecule has 16 unspecified atom stereocenters. The summed E-state index contributed by atoms with van der Waals surface area (Å²) < 4.78 is 19.4. The number of unbranched alkanes of at least 4 members (excludes halogenated alkanes) is 2. The third kappa shape index (κ3) is 6.79. The molecule has 1 aromatic rings. The number of aliphatic hydroxyl groups excluding tert-OH is 5. The Labute approximate surface area is 340 Å². The van der Waals surface area contributed by atoms with Gasteiger partial charge in [-0.05, 0) is 109 Å². The van der Waals surface area contributed by atoms with Crippen molar-refractivity contribution in [2.75, 3.05) is 19.8 Å². The lowest BCUT2D eigenvalue weighted by Gasteiger charge is -2.73. The third-order valence-electron chi connectivity index (χ3n) is 17.8. The number of hydrogen-bond acceptors (Lipinski definition) is 9. The van der Waals surface area contributed by atoms with Crippen molar-refractivity contribution in [1.29, 1.82) is 0 Å². The summed E-state index contributed by atoms with van der Waals surface area (Å²) in [6.45, 7) is 13.8. The number of benzene rings is 1. The molecule has 10 nitrogen and oxygen atoms in total. The number of fused-ring (bicyclic) bond motifs is 7. The molecule has 1 aromatic carbocycles. The Kier molecular flexibility index (Phi) is 12.0. The lowest BCUT2D eigenvalue weighted by atomic mass is 9.31. The van der Waals surface area contributed by atoms with Crippen LogP contribution >= 0.6 is 0 Å². The van der Waals surface area contributed by atoms with Gasteiger partial charge in [0.25, 0.3) is 0 Å². The normalized spacial score (nSPS) is 48.2. The topological polar surface area (TPSA) is 166 Å². The van der Waals surface area contributed by atoms with Gasteiger partial charge in [-0.1, -0.05) is 103 Å². The zero-order chi connectivity index (χ0) is 41.2. The van der Waals surface area contributed by atoms with Crippen molar-refractivity contribution < 1.29 is 49.6 Å². The Balaban J connectivity index is 1.31. The predicted octanol–water partition coefficient (Wildman–Crippen LogP) is 6.64. The van der Waals surface area contributed by atoms with Gasteiger partial charge in [-0.15, -0.1) is 0 Å². The van der Waals surface area contributed by atoms with Gasteiger partial charge in [0.15, 0.2) is 6.29 Å². The van der Waals surface area contributed by atoms with E-state index in [1.54, 1.807) is 0 Å². The lowest BCUT2D eigenvalue weighted by Crippen LogP contribution is -2.70. The minimum absolute atomic E-state index is 0.0112. The van der Waals surface area contributed by atoms with Crippen LogP contribution in [0.25, 0.3) is 0 Å². The van der Waals surface area contributed by atoms with E-state index in [1.807, 2.05) is 30.3 Å². The molecule has 320 valence electrons. The summed E-state index contributed by atoms with van der Waals surface area (Å²) in [6, 6.07) is 9.99. The van der Waals surface area contributed by atoms with E-state index in [1.165, 1.54) is 5.57 Å². The van der Waals surface area contributed by atoms with Crippen molar-refractivity contribution in [3.8, 4) is 0 Å². The zero-order valence-electron chi connectivity index (χ0n) is 35.4. The van der Waals surface area contributed by atoms with Crippen LogP contribution in [-0.2, 0) is 25.6 Å². The molecule has 0 radical (unpaired) electrons. The van der Waals surface area contributed by atoms with E-state index in [-0.39, 0.29) is 65.2 Å². The Hall–Kier alpha value is -1.89. The van der Waals surface area contributed by atoms with Gasteiger partial charge >= 0.3 is 5.97 Å². The molecular weight excluding hydrogens is 725 g/mol. The summed E-state index contributed by atoms with van der Waals surface area (Å²) in [5, 5.41) is 65.3. The Bertz CT molecular complexity index is 1620. The molecule has 6 N–H and O–H groups in total. The number of aliphatic carboxylic acids is 1. The van der Waals surface area contributed by atoms with Crippen LogP contribution in [0.4, 0.5) is 0 Å². The van der Waals surface area contributed by atoms with E-state index in [0.717, 1.165) is 50.5 Å². The highest BCUT2D eigenvalue weighted by atomic mass is 16.7. The molecule has 0 spiro atoms. The van der Waals surface area contributed by atoms with Gasteiger partial charge in [0.2, 0.25) is 0 Å². The smallest absolute Gasteiger partial charge is 0.310 e. The SMILES string of the molecule is CCCCCC1CC2(C(=O)O)CCC(C)(CO)CC2C2=CCC3C4(C)CC(OCc5ccccc5)C(OC5OCC(O)C(O)C5O)C(C)(CO)C4CCC3(C)C21C. The minimum atomic E-state index is -1.47. The van der Waals surface area contributed by atoms with Crippen molar-refractivity contribution in [2.24, 2.45) is 56.2 Å². The van der Waals surface area contributed by atoms with Gasteiger partial charge in [-0.3, -0.25) is 4.79 Å². The third-order valence-corrected chi connectivity index (χ3v) is 17.8. The summed E-state index contributed by atoms with van der Waals surface area (Å²) in [5.41, 5.74) is -0.421. The Morgan fingerprint density at radius 3 is 2.30 bits per heavy atom. The van der Waals surface area contributed by atoms with Gasteiger partial charge in [-0.2, -0.15) is 0 Å². The largest absolute Gasteiger partial charge is 0.481 e. The molecule has 5 fully saturated rings. The first-order valence-electron chi connectivity index (χ1n) is 22.1. The molecule has 1 heterocycles. The zero-order valence-corrected chi connectivity index (χ0v) is 35.4. The number of ether oxygens (including phenoxy) is 3. The number of carboxylic acids is 1. The molecule has 0 aromatic heterocycles. The van der Waals surface area contributed by atoms with E-state index in [0.29, 0.717) is 38.7 Å². The fourth-order valence-electron chi connectivity index (χ4n) is 14.3. The number of rotatable bonds is 12. The monoisotopic (exact) mass is 797 g/mol. The molecule has 6 aliphatic rings. The highest BCUT2D eigenvalue weighted by molar-refractivity contribution is 5.77. The number of allylic oxidation sites excluding steroid dienone is 2. The molecule has 10 heteroatoms. The van der Waals surface area contributed by atoms with Gasteiger partial charge < -0.3 is 44.8 Å². The van der Waals surface area contributed by atoms with E-state index in [2.05, 4.69) is 47.6 Å². The predicted molar refractivity (Wildman–Crippen MR) is 216 cm³/mol. The second kappa shape index (κ2) is 15.9. The highest BCUT2D eigenvalue weighted by Gasteiger charge is 2.73. The highest BCUT2D eigenvalue weighted by Crippen LogP contribution is 2.77. The summed E-state index contributed by atoms with van der Waals surface area (Å²) in [6.07, 6.45) is 6.01. The molecule has 0 amide bonds. The summed E-state index contributed by atoms with van der Waals surface area (Å²) >= 11 is 0. The Morgan fingerprint density at radius 2 is 1.63 bits per heavy atom. The molecule has 1 saturated heterocycles. The molecule has 0 bridgehead atoms. The fourth-order valence-corrected chi connectivity index (χ4v) is 14.3. The first kappa shape index (κ1) is 43.2. The van der Waals surface area contributed by atoms with Gasteiger partial charge in [-0.25, -0.2) is 0 Å². The molecule has 1 aliphatic heterocycles. The number of aliphatic hydroxyl groups is 5. The maximum absolute atomic E-state index is 13.6. The van der Waals surface area contributed by atoms with E-state index < -0.39 is 53.6 Å².